The third kappa shape index (κ3) is 3.74. The molecule has 2 aromatic carbocycles. The molecule has 0 spiro atoms. The molecule has 1 aliphatic carbocycles. The van der Waals surface area contributed by atoms with Crippen LogP contribution in [0.5, 0.6) is 5.75 Å². The fourth-order valence-electron chi connectivity index (χ4n) is 2.59. The molecule has 132 valence electrons. The van der Waals surface area contributed by atoms with Crippen molar-refractivity contribution in [2.45, 2.75) is 6.42 Å². The molecule has 0 saturated heterocycles. The van der Waals surface area contributed by atoms with E-state index in [0.717, 1.165) is 6.07 Å². The van der Waals surface area contributed by atoms with Crippen LogP contribution in [0.4, 0.5) is 13.2 Å². The molecule has 6 heteroatoms. The van der Waals surface area contributed by atoms with Crippen molar-refractivity contribution in [3.05, 3.63) is 77.1 Å². The predicted molar refractivity (Wildman–Crippen MR) is 89.2 cm³/mol. The molecule has 0 saturated carbocycles. The van der Waals surface area contributed by atoms with Crippen molar-refractivity contribution in [3.63, 3.8) is 0 Å². The summed E-state index contributed by atoms with van der Waals surface area (Å²) in [6.45, 7) is 0.0145. The summed E-state index contributed by atoms with van der Waals surface area (Å²) in [5.41, 5.74) is 0.999. The minimum atomic E-state index is -1.03. The number of ether oxygens (including phenoxy) is 1. The molecule has 2 aromatic rings. The number of carbonyl (C=O) groups excluding carboxylic acids is 2. The van der Waals surface area contributed by atoms with Crippen LogP contribution < -0.4 is 4.74 Å². The summed E-state index contributed by atoms with van der Waals surface area (Å²) >= 11 is 0. The lowest BCUT2D eigenvalue weighted by Crippen LogP contribution is -2.13. The van der Waals surface area contributed by atoms with Gasteiger partial charge in [-0.2, -0.15) is 0 Å². The van der Waals surface area contributed by atoms with Crippen molar-refractivity contribution in [2.24, 2.45) is 0 Å². The second-order valence-electron chi connectivity index (χ2n) is 5.73. The molecule has 26 heavy (non-hydrogen) atoms. The average molecular weight is 358 g/mol. The van der Waals surface area contributed by atoms with Gasteiger partial charge in [-0.25, -0.2) is 13.2 Å². The van der Waals surface area contributed by atoms with Gasteiger partial charge >= 0.3 is 0 Å². The molecule has 0 aromatic heterocycles. The Balaban J connectivity index is 1.70. The average Bonchev–Trinajstić information content (AvgIpc) is 2.63. The van der Waals surface area contributed by atoms with Crippen LogP contribution in [-0.4, -0.2) is 18.7 Å². The summed E-state index contributed by atoms with van der Waals surface area (Å²) in [6, 6.07) is 9.75. The number of hydrogen-bond acceptors (Lipinski definition) is 3. The quantitative estimate of drug-likeness (QED) is 0.747. The SMILES string of the molecule is O=CC1=C(F)C(=O)CC(COc2ccc(-c3ccc(F)cc3F)cc2)=C1. The third-order valence-corrected chi connectivity index (χ3v) is 3.89. The Kier molecular flexibility index (Phi) is 5.02. The van der Waals surface area contributed by atoms with E-state index in [1.807, 2.05) is 0 Å². The highest BCUT2D eigenvalue weighted by Gasteiger charge is 2.21. The van der Waals surface area contributed by atoms with Gasteiger partial charge in [-0.3, -0.25) is 9.59 Å². The van der Waals surface area contributed by atoms with Gasteiger partial charge in [-0.1, -0.05) is 12.1 Å². The van der Waals surface area contributed by atoms with Crippen LogP contribution in [0.15, 0.2) is 65.5 Å². The highest BCUT2D eigenvalue weighted by atomic mass is 19.1. The number of Topliss-reactive ketones (excluding diaryl/α,β-unsaturated/α-hetero) is 1. The highest BCUT2D eigenvalue weighted by molar-refractivity contribution is 6.02. The molecular formula is C20H13F3O3. The molecule has 3 rings (SSSR count). The van der Waals surface area contributed by atoms with Crippen molar-refractivity contribution in [3.8, 4) is 16.9 Å². The summed E-state index contributed by atoms with van der Waals surface area (Å²) < 4.78 is 45.7. The van der Waals surface area contributed by atoms with Crippen LogP contribution in [0.1, 0.15) is 6.42 Å². The zero-order valence-electron chi connectivity index (χ0n) is 13.5. The van der Waals surface area contributed by atoms with Crippen LogP contribution in [0.3, 0.4) is 0 Å². The predicted octanol–water partition coefficient (Wildman–Crippen LogP) is 4.33. The molecule has 3 nitrogen and oxygen atoms in total. The van der Waals surface area contributed by atoms with E-state index in [9.17, 15) is 22.8 Å². The van der Waals surface area contributed by atoms with E-state index >= 15 is 0 Å². The maximum atomic E-state index is 13.8. The van der Waals surface area contributed by atoms with E-state index in [1.165, 1.54) is 18.2 Å². The number of hydrogen-bond donors (Lipinski definition) is 0. The molecule has 0 aliphatic heterocycles. The fourth-order valence-corrected chi connectivity index (χ4v) is 2.59. The Morgan fingerprint density at radius 3 is 2.42 bits per heavy atom. The van der Waals surface area contributed by atoms with Gasteiger partial charge in [0, 0.05) is 18.1 Å². The minimum Gasteiger partial charge on any atom is -0.489 e. The number of benzene rings is 2. The first kappa shape index (κ1) is 17.7. The van der Waals surface area contributed by atoms with Crippen LogP contribution >= 0.6 is 0 Å². The maximum absolute atomic E-state index is 13.8. The van der Waals surface area contributed by atoms with Gasteiger partial charge in [0.05, 0.1) is 5.57 Å². The molecule has 0 bridgehead atoms. The molecule has 0 N–H and O–H groups in total. The molecule has 0 atom stereocenters. The second kappa shape index (κ2) is 7.39. The molecule has 1 aliphatic rings. The van der Waals surface area contributed by atoms with Crippen molar-refractivity contribution < 1.29 is 27.5 Å². The van der Waals surface area contributed by atoms with E-state index in [-0.39, 0.29) is 24.2 Å². The van der Waals surface area contributed by atoms with Crippen molar-refractivity contribution in [1.82, 2.24) is 0 Å². The number of allylic oxidation sites excluding steroid dienone is 3. The summed E-state index contributed by atoms with van der Waals surface area (Å²) in [6.07, 6.45) is 1.44. The van der Waals surface area contributed by atoms with Gasteiger partial charge in [0.15, 0.2) is 17.9 Å². The fraction of sp³-hybridized carbons (Fsp3) is 0.100. The Morgan fingerprint density at radius 1 is 1.04 bits per heavy atom. The van der Waals surface area contributed by atoms with E-state index < -0.39 is 23.2 Å². The topological polar surface area (TPSA) is 43.4 Å². The second-order valence-corrected chi connectivity index (χ2v) is 5.73. The van der Waals surface area contributed by atoms with Gasteiger partial charge in [0.25, 0.3) is 0 Å². The molecule has 0 amide bonds. The third-order valence-electron chi connectivity index (χ3n) is 3.89. The monoisotopic (exact) mass is 358 g/mol. The lowest BCUT2D eigenvalue weighted by Gasteiger charge is -2.13. The first-order valence-electron chi connectivity index (χ1n) is 7.74. The van der Waals surface area contributed by atoms with E-state index in [4.69, 9.17) is 4.74 Å². The summed E-state index contributed by atoms with van der Waals surface area (Å²) in [7, 11) is 0. The largest absolute Gasteiger partial charge is 0.489 e. The van der Waals surface area contributed by atoms with Crippen LogP contribution in [0.25, 0.3) is 11.1 Å². The molecule has 0 unspecified atom stereocenters. The lowest BCUT2D eigenvalue weighted by atomic mass is 9.98. The van der Waals surface area contributed by atoms with E-state index in [1.54, 1.807) is 24.3 Å². The van der Waals surface area contributed by atoms with Crippen LogP contribution in [0, 0.1) is 11.6 Å². The van der Waals surface area contributed by atoms with Gasteiger partial charge in [0.1, 0.15) is 24.0 Å². The van der Waals surface area contributed by atoms with E-state index in [0.29, 0.717) is 23.2 Å². The first-order chi connectivity index (χ1) is 12.5. The summed E-state index contributed by atoms with van der Waals surface area (Å²) in [5.74, 6) is -2.65. The van der Waals surface area contributed by atoms with Gasteiger partial charge < -0.3 is 4.74 Å². The van der Waals surface area contributed by atoms with Crippen molar-refractivity contribution in [2.75, 3.05) is 6.61 Å². The van der Waals surface area contributed by atoms with Crippen LogP contribution in [0.2, 0.25) is 0 Å². The smallest absolute Gasteiger partial charge is 0.196 e. The van der Waals surface area contributed by atoms with Crippen LogP contribution in [-0.2, 0) is 9.59 Å². The number of halogens is 3. The molecule has 0 radical (unpaired) electrons. The number of aldehydes is 1. The van der Waals surface area contributed by atoms with Crippen molar-refractivity contribution >= 4 is 12.1 Å². The standard InChI is InChI=1S/C20H13F3O3/c21-15-3-6-17(18(22)9-15)13-1-4-16(5-2-13)26-11-12-7-14(10-24)20(23)19(25)8-12/h1-7,9-10H,8,11H2. The number of rotatable bonds is 5. The van der Waals surface area contributed by atoms with Gasteiger partial charge in [-0.05, 0) is 41.5 Å². The lowest BCUT2D eigenvalue weighted by molar-refractivity contribution is -0.117. The Bertz CT molecular complexity index is 928. The molecule has 0 fully saturated rings. The van der Waals surface area contributed by atoms with Gasteiger partial charge in [0.2, 0.25) is 0 Å². The minimum absolute atomic E-state index is 0.0145. The molecule has 0 heterocycles. The highest BCUT2D eigenvalue weighted by Crippen LogP contribution is 2.26. The Hall–Kier alpha value is -3.15. The van der Waals surface area contributed by atoms with E-state index in [2.05, 4.69) is 0 Å². The number of carbonyl (C=O) groups is 2. The summed E-state index contributed by atoms with van der Waals surface area (Å²) in [5, 5.41) is 0. The Labute approximate surface area is 147 Å². The zero-order chi connectivity index (χ0) is 18.7. The number of ketones is 1. The normalized spacial score (nSPS) is 14.3. The molecular weight excluding hydrogens is 345 g/mol. The zero-order valence-corrected chi connectivity index (χ0v) is 13.5. The maximum Gasteiger partial charge on any atom is 0.196 e. The van der Waals surface area contributed by atoms with Crippen molar-refractivity contribution in [1.29, 1.82) is 0 Å². The Morgan fingerprint density at radius 2 is 1.77 bits per heavy atom. The first-order valence-corrected chi connectivity index (χ1v) is 7.74. The van der Waals surface area contributed by atoms with Gasteiger partial charge in [-0.15, -0.1) is 0 Å². The summed E-state index contributed by atoms with van der Waals surface area (Å²) in [4.78, 5) is 22.3.